The maximum atomic E-state index is 11.7. The average Bonchev–Trinajstić information content (AvgIpc) is 2.58. The Morgan fingerprint density at radius 2 is 1.96 bits per heavy atom. The minimum atomic E-state index is -0.420. The van der Waals surface area contributed by atoms with E-state index in [9.17, 15) is 4.79 Å². The lowest BCUT2D eigenvalue weighted by atomic mass is 10.1. The van der Waals surface area contributed by atoms with Crippen LogP contribution in [0, 0.1) is 0 Å². The van der Waals surface area contributed by atoms with Crippen LogP contribution < -0.4 is 9.47 Å². The fraction of sp³-hybridized carbons (Fsp3) is 0.316. The Morgan fingerprint density at radius 1 is 1.29 bits per heavy atom. The van der Waals surface area contributed by atoms with Crippen molar-refractivity contribution in [1.29, 1.82) is 0 Å². The molecule has 128 valence electrons. The first-order valence-electron chi connectivity index (χ1n) is 7.72. The maximum Gasteiger partial charge on any atom is 0.333 e. The Morgan fingerprint density at radius 3 is 2.54 bits per heavy atom. The molecule has 2 rings (SSSR count). The molecule has 2 aromatic carbocycles. The number of carbonyl (C=O) groups excluding carboxylic acids is 1. The number of ether oxygens (including phenoxy) is 3. The summed E-state index contributed by atoms with van der Waals surface area (Å²) in [7, 11) is 1.60. The summed E-state index contributed by atoms with van der Waals surface area (Å²) in [6.45, 7) is 7.34. The number of hydrogen-bond donors (Lipinski definition) is 0. The SMILES string of the molecule is C=C(C)C(=O)OC(CC)COc1c(Cl)cc(OC)c2ccccc12. The van der Waals surface area contributed by atoms with Crippen LogP contribution in [-0.2, 0) is 9.53 Å². The first kappa shape index (κ1) is 18.1. The van der Waals surface area contributed by atoms with Crippen molar-refractivity contribution in [2.45, 2.75) is 26.4 Å². The minimum Gasteiger partial charge on any atom is -0.496 e. The molecule has 0 N–H and O–H groups in total. The number of fused-ring (bicyclic) bond motifs is 1. The Bertz CT molecular complexity index is 754. The molecule has 0 bridgehead atoms. The molecule has 0 amide bonds. The molecule has 0 spiro atoms. The summed E-state index contributed by atoms with van der Waals surface area (Å²) >= 11 is 6.34. The van der Waals surface area contributed by atoms with E-state index in [-0.39, 0.29) is 12.7 Å². The molecular weight excluding hydrogens is 328 g/mol. The van der Waals surface area contributed by atoms with Crippen molar-refractivity contribution in [2.24, 2.45) is 0 Å². The summed E-state index contributed by atoms with van der Waals surface area (Å²) in [5.74, 6) is 0.817. The number of benzene rings is 2. The van der Waals surface area contributed by atoms with Gasteiger partial charge < -0.3 is 14.2 Å². The molecule has 0 aliphatic rings. The van der Waals surface area contributed by atoms with Gasteiger partial charge >= 0.3 is 5.97 Å². The molecule has 24 heavy (non-hydrogen) atoms. The Hall–Kier alpha value is -2.20. The summed E-state index contributed by atoms with van der Waals surface area (Å²) in [5.41, 5.74) is 0.362. The van der Waals surface area contributed by atoms with E-state index < -0.39 is 5.97 Å². The molecular formula is C19H21ClO4. The third-order valence-electron chi connectivity index (χ3n) is 3.62. The van der Waals surface area contributed by atoms with Gasteiger partial charge in [-0.1, -0.05) is 49.4 Å². The molecule has 0 aliphatic carbocycles. The molecule has 2 aromatic rings. The van der Waals surface area contributed by atoms with E-state index in [0.717, 1.165) is 10.8 Å². The van der Waals surface area contributed by atoms with Gasteiger partial charge in [-0.3, -0.25) is 0 Å². The Kier molecular flexibility index (Phi) is 6.10. The fourth-order valence-electron chi connectivity index (χ4n) is 2.26. The van der Waals surface area contributed by atoms with Gasteiger partial charge in [0.2, 0.25) is 0 Å². The van der Waals surface area contributed by atoms with E-state index in [1.165, 1.54) is 0 Å². The van der Waals surface area contributed by atoms with E-state index >= 15 is 0 Å². The van der Waals surface area contributed by atoms with E-state index in [1.807, 2.05) is 31.2 Å². The number of carbonyl (C=O) groups is 1. The van der Waals surface area contributed by atoms with Crippen LogP contribution >= 0.6 is 11.6 Å². The summed E-state index contributed by atoms with van der Waals surface area (Å²) in [5, 5.41) is 2.21. The van der Waals surface area contributed by atoms with Gasteiger partial charge in [0.1, 0.15) is 24.2 Å². The third-order valence-corrected chi connectivity index (χ3v) is 3.90. The number of rotatable bonds is 7. The number of esters is 1. The second-order valence-electron chi connectivity index (χ2n) is 5.46. The van der Waals surface area contributed by atoms with Gasteiger partial charge in [-0.05, 0) is 13.3 Å². The van der Waals surface area contributed by atoms with Crippen LogP contribution in [0.2, 0.25) is 5.02 Å². The Balaban J connectivity index is 2.25. The molecule has 1 atom stereocenters. The zero-order valence-corrected chi connectivity index (χ0v) is 14.9. The van der Waals surface area contributed by atoms with E-state index in [0.29, 0.717) is 28.5 Å². The number of hydrogen-bond acceptors (Lipinski definition) is 4. The molecule has 5 heteroatoms. The highest BCUT2D eigenvalue weighted by atomic mass is 35.5. The van der Waals surface area contributed by atoms with Crippen molar-refractivity contribution in [1.82, 2.24) is 0 Å². The van der Waals surface area contributed by atoms with E-state index in [4.69, 9.17) is 25.8 Å². The van der Waals surface area contributed by atoms with Crippen molar-refractivity contribution in [3.05, 3.63) is 47.5 Å². The van der Waals surface area contributed by atoms with Crippen LogP contribution in [0.5, 0.6) is 11.5 Å². The maximum absolute atomic E-state index is 11.7. The zero-order valence-electron chi connectivity index (χ0n) is 14.1. The lowest BCUT2D eigenvalue weighted by molar-refractivity contribution is -0.145. The van der Waals surface area contributed by atoms with Crippen LogP contribution in [0.3, 0.4) is 0 Å². The normalized spacial score (nSPS) is 11.8. The van der Waals surface area contributed by atoms with Gasteiger partial charge in [-0.15, -0.1) is 0 Å². The first-order chi connectivity index (χ1) is 11.5. The van der Waals surface area contributed by atoms with Gasteiger partial charge in [-0.2, -0.15) is 0 Å². The third kappa shape index (κ3) is 4.01. The zero-order chi connectivity index (χ0) is 17.7. The van der Waals surface area contributed by atoms with Crippen LogP contribution in [-0.4, -0.2) is 25.8 Å². The van der Waals surface area contributed by atoms with Crippen LogP contribution in [0.4, 0.5) is 0 Å². The van der Waals surface area contributed by atoms with Gasteiger partial charge in [0.25, 0.3) is 0 Å². The summed E-state index contributed by atoms with van der Waals surface area (Å²) in [6, 6.07) is 9.41. The molecule has 1 unspecified atom stereocenters. The highest BCUT2D eigenvalue weighted by molar-refractivity contribution is 6.33. The van der Waals surface area contributed by atoms with Gasteiger partial charge in [0, 0.05) is 22.4 Å². The molecule has 0 saturated heterocycles. The van der Waals surface area contributed by atoms with Crippen LogP contribution in [0.15, 0.2) is 42.5 Å². The summed E-state index contributed by atoms with van der Waals surface area (Å²) in [6.07, 6.45) is 0.260. The average molecular weight is 349 g/mol. The van der Waals surface area contributed by atoms with Crippen molar-refractivity contribution < 1.29 is 19.0 Å². The van der Waals surface area contributed by atoms with E-state index in [1.54, 1.807) is 20.1 Å². The second kappa shape index (κ2) is 8.06. The highest BCUT2D eigenvalue weighted by Gasteiger charge is 2.17. The largest absolute Gasteiger partial charge is 0.496 e. The highest BCUT2D eigenvalue weighted by Crippen LogP contribution is 2.39. The van der Waals surface area contributed by atoms with Crippen molar-refractivity contribution in [3.8, 4) is 11.5 Å². The van der Waals surface area contributed by atoms with Gasteiger partial charge in [0.15, 0.2) is 0 Å². The molecule has 0 aliphatic heterocycles. The van der Waals surface area contributed by atoms with Crippen LogP contribution in [0.1, 0.15) is 20.3 Å². The lowest BCUT2D eigenvalue weighted by Crippen LogP contribution is -2.24. The molecule has 0 saturated carbocycles. The molecule has 0 fully saturated rings. The molecule has 4 nitrogen and oxygen atoms in total. The van der Waals surface area contributed by atoms with Crippen molar-refractivity contribution >= 4 is 28.3 Å². The summed E-state index contributed by atoms with van der Waals surface area (Å²) in [4.78, 5) is 11.7. The first-order valence-corrected chi connectivity index (χ1v) is 8.10. The molecule has 0 radical (unpaired) electrons. The molecule has 0 heterocycles. The number of methoxy groups -OCH3 is 1. The Labute approximate surface area is 147 Å². The smallest absolute Gasteiger partial charge is 0.333 e. The molecule has 0 aromatic heterocycles. The summed E-state index contributed by atoms with van der Waals surface area (Å²) < 4.78 is 16.6. The van der Waals surface area contributed by atoms with Crippen LogP contribution in [0.25, 0.3) is 10.8 Å². The van der Waals surface area contributed by atoms with Crippen molar-refractivity contribution in [2.75, 3.05) is 13.7 Å². The lowest BCUT2D eigenvalue weighted by Gasteiger charge is -2.19. The van der Waals surface area contributed by atoms with Gasteiger partial charge in [0.05, 0.1) is 12.1 Å². The minimum absolute atomic E-state index is 0.214. The van der Waals surface area contributed by atoms with Crippen molar-refractivity contribution in [3.63, 3.8) is 0 Å². The second-order valence-corrected chi connectivity index (χ2v) is 5.87. The predicted molar refractivity (Wildman–Crippen MR) is 96.0 cm³/mol. The standard InChI is InChI=1S/C19H21ClO4/c1-5-13(24-19(21)12(2)3)11-23-18-15-9-7-6-8-14(15)17(22-4)10-16(18)20/h6-10,13H,2,5,11H2,1,3-4H3. The monoisotopic (exact) mass is 348 g/mol. The predicted octanol–water partition coefficient (Wildman–Crippen LogP) is 4.78. The number of halogens is 1. The fourth-order valence-corrected chi connectivity index (χ4v) is 2.52. The van der Waals surface area contributed by atoms with E-state index in [2.05, 4.69) is 6.58 Å². The topological polar surface area (TPSA) is 44.8 Å². The quantitative estimate of drug-likeness (QED) is 0.533. The van der Waals surface area contributed by atoms with Gasteiger partial charge in [-0.25, -0.2) is 4.79 Å².